The number of aromatic nitrogens is 2. The van der Waals surface area contributed by atoms with Crippen molar-refractivity contribution in [2.45, 2.75) is 27.2 Å². The lowest BCUT2D eigenvalue weighted by Crippen LogP contribution is -2.39. The highest BCUT2D eigenvalue weighted by Crippen LogP contribution is 2.16. The van der Waals surface area contributed by atoms with Gasteiger partial charge in [0.25, 0.3) is 0 Å². The third kappa shape index (κ3) is 5.66. The van der Waals surface area contributed by atoms with Crippen molar-refractivity contribution in [3.05, 3.63) is 52.0 Å². The molecule has 0 radical (unpaired) electrons. The average Bonchev–Trinajstić information content (AvgIpc) is 3.02. The number of hydrogen-bond acceptors (Lipinski definition) is 5. The van der Waals surface area contributed by atoms with Crippen molar-refractivity contribution in [2.24, 2.45) is 4.99 Å². The van der Waals surface area contributed by atoms with Crippen molar-refractivity contribution in [1.82, 2.24) is 20.6 Å². The Labute approximate surface area is 170 Å². The van der Waals surface area contributed by atoms with Gasteiger partial charge in [-0.2, -0.15) is 0 Å². The van der Waals surface area contributed by atoms with Gasteiger partial charge in [0.1, 0.15) is 5.82 Å². The minimum atomic E-state index is 0.724. The molecule has 148 valence electrons. The van der Waals surface area contributed by atoms with E-state index >= 15 is 0 Å². The van der Waals surface area contributed by atoms with Crippen LogP contribution in [0.2, 0.25) is 0 Å². The summed E-state index contributed by atoms with van der Waals surface area (Å²) in [6, 6.07) is 12.2. The van der Waals surface area contributed by atoms with Crippen LogP contribution < -0.4 is 16.0 Å². The van der Waals surface area contributed by atoms with Crippen LogP contribution in [-0.4, -0.2) is 42.1 Å². The Balaban J connectivity index is 1.45. The zero-order valence-corrected chi connectivity index (χ0v) is 17.6. The third-order valence-corrected chi connectivity index (χ3v) is 5.47. The topological polar surface area (TPSA) is 74.2 Å². The smallest absolute Gasteiger partial charge is 0.191 e. The van der Waals surface area contributed by atoms with Gasteiger partial charge >= 0.3 is 0 Å². The number of guanidine groups is 1. The fraction of sp³-hybridized carbons (Fsp3) is 0.381. The summed E-state index contributed by atoms with van der Waals surface area (Å²) in [6.45, 7) is 9.32. The molecule has 28 heavy (non-hydrogen) atoms. The number of aryl methyl sites for hydroxylation is 2. The van der Waals surface area contributed by atoms with Crippen molar-refractivity contribution in [3.8, 4) is 0 Å². The highest BCUT2D eigenvalue weighted by molar-refractivity contribution is 7.11. The number of hydrogen-bond donors (Lipinski definition) is 3. The van der Waals surface area contributed by atoms with Crippen LogP contribution in [0.1, 0.15) is 22.5 Å². The first-order valence-corrected chi connectivity index (χ1v) is 10.5. The van der Waals surface area contributed by atoms with Crippen LogP contribution in [0.25, 0.3) is 10.9 Å². The summed E-state index contributed by atoms with van der Waals surface area (Å²) in [5.74, 6) is 1.72. The van der Waals surface area contributed by atoms with Crippen molar-refractivity contribution in [2.75, 3.05) is 31.5 Å². The van der Waals surface area contributed by atoms with E-state index in [1.807, 2.05) is 24.3 Å². The average molecular weight is 397 g/mol. The monoisotopic (exact) mass is 396 g/mol. The number of aliphatic imine (C=N–C) groups is 1. The molecule has 0 amide bonds. The first kappa shape index (κ1) is 20.1. The van der Waals surface area contributed by atoms with Crippen molar-refractivity contribution < 1.29 is 0 Å². The molecule has 0 aliphatic rings. The number of benzene rings is 1. The number of pyridine rings is 1. The second kappa shape index (κ2) is 10.0. The Hall–Kier alpha value is -2.67. The summed E-state index contributed by atoms with van der Waals surface area (Å²) in [6.07, 6.45) is 0.870. The van der Waals surface area contributed by atoms with E-state index in [2.05, 4.69) is 63.8 Å². The summed E-state index contributed by atoms with van der Waals surface area (Å²) in [4.78, 5) is 15.1. The molecule has 0 unspecified atom stereocenters. The van der Waals surface area contributed by atoms with Crippen LogP contribution >= 0.6 is 11.3 Å². The lowest BCUT2D eigenvalue weighted by atomic mass is 10.2. The number of nitrogens with one attached hydrogen (secondary N) is 3. The van der Waals surface area contributed by atoms with Gasteiger partial charge in [-0.25, -0.2) is 9.97 Å². The molecular formula is C21H28N6S. The van der Waals surface area contributed by atoms with Crippen molar-refractivity contribution >= 4 is 34.0 Å². The molecule has 0 fully saturated rings. The Morgan fingerprint density at radius 2 is 1.89 bits per heavy atom. The number of rotatable bonds is 8. The van der Waals surface area contributed by atoms with E-state index in [0.29, 0.717) is 0 Å². The first-order valence-electron chi connectivity index (χ1n) is 9.70. The van der Waals surface area contributed by atoms with Crippen LogP contribution in [0.4, 0.5) is 5.82 Å². The molecule has 3 N–H and O–H groups in total. The predicted molar refractivity (Wildman–Crippen MR) is 120 cm³/mol. The highest BCUT2D eigenvalue weighted by Gasteiger charge is 2.03. The van der Waals surface area contributed by atoms with E-state index in [9.17, 15) is 0 Å². The van der Waals surface area contributed by atoms with Crippen LogP contribution in [0.3, 0.4) is 0 Å². The second-order valence-corrected chi connectivity index (χ2v) is 7.79. The van der Waals surface area contributed by atoms with E-state index in [4.69, 9.17) is 0 Å². The van der Waals surface area contributed by atoms with Crippen LogP contribution in [0, 0.1) is 13.8 Å². The maximum absolute atomic E-state index is 4.65. The zero-order chi connectivity index (χ0) is 19.8. The Kier molecular flexibility index (Phi) is 7.19. The number of para-hydroxylation sites is 1. The molecule has 0 saturated carbocycles. The quantitative estimate of drug-likeness (QED) is 0.309. The molecule has 0 bridgehead atoms. The van der Waals surface area contributed by atoms with Gasteiger partial charge in [-0.3, -0.25) is 4.99 Å². The third-order valence-electron chi connectivity index (χ3n) is 4.33. The van der Waals surface area contributed by atoms with Gasteiger partial charge in [-0.1, -0.05) is 18.2 Å². The number of thiazole rings is 1. The van der Waals surface area contributed by atoms with Gasteiger partial charge in [0.15, 0.2) is 5.96 Å². The van der Waals surface area contributed by atoms with Crippen molar-refractivity contribution in [1.29, 1.82) is 0 Å². The van der Waals surface area contributed by atoms with E-state index in [0.717, 1.165) is 66.0 Å². The summed E-state index contributed by atoms with van der Waals surface area (Å²) in [5.41, 5.74) is 2.13. The van der Waals surface area contributed by atoms with Crippen LogP contribution in [-0.2, 0) is 6.42 Å². The number of fused-ring (bicyclic) bond motifs is 1. The maximum Gasteiger partial charge on any atom is 0.191 e. The van der Waals surface area contributed by atoms with Crippen LogP contribution in [0.15, 0.2) is 41.4 Å². The van der Waals surface area contributed by atoms with E-state index in [-0.39, 0.29) is 0 Å². The number of nitrogens with zero attached hydrogens (tertiary/aromatic N) is 3. The Morgan fingerprint density at radius 3 is 2.68 bits per heavy atom. The minimum absolute atomic E-state index is 0.724. The molecule has 3 rings (SSSR count). The molecule has 2 heterocycles. The van der Waals surface area contributed by atoms with E-state index in [1.54, 1.807) is 11.3 Å². The minimum Gasteiger partial charge on any atom is -0.368 e. The zero-order valence-electron chi connectivity index (χ0n) is 16.7. The summed E-state index contributed by atoms with van der Waals surface area (Å²) < 4.78 is 0. The lowest BCUT2D eigenvalue weighted by molar-refractivity contribution is 0.813. The normalized spacial score (nSPS) is 11.6. The molecule has 0 aliphatic heterocycles. The molecule has 1 aromatic carbocycles. The molecule has 3 aromatic rings. The Morgan fingerprint density at radius 1 is 1.04 bits per heavy atom. The molecule has 0 aliphatic carbocycles. The van der Waals surface area contributed by atoms with Gasteiger partial charge in [0, 0.05) is 42.9 Å². The van der Waals surface area contributed by atoms with Crippen LogP contribution in [0.5, 0.6) is 0 Å². The highest BCUT2D eigenvalue weighted by atomic mass is 32.1. The fourth-order valence-electron chi connectivity index (χ4n) is 2.79. The van der Waals surface area contributed by atoms with Gasteiger partial charge in [0.2, 0.25) is 0 Å². The van der Waals surface area contributed by atoms with E-state index in [1.165, 1.54) is 4.88 Å². The Bertz CT molecular complexity index is 914. The molecular weight excluding hydrogens is 368 g/mol. The summed E-state index contributed by atoms with van der Waals surface area (Å²) in [5, 5.41) is 12.3. The number of anilines is 1. The molecule has 0 spiro atoms. The molecule has 6 nitrogen and oxygen atoms in total. The molecule has 2 aromatic heterocycles. The summed E-state index contributed by atoms with van der Waals surface area (Å²) in [7, 11) is 0. The maximum atomic E-state index is 4.65. The van der Waals surface area contributed by atoms with Gasteiger partial charge in [0.05, 0.1) is 16.2 Å². The second-order valence-electron chi connectivity index (χ2n) is 6.50. The SMILES string of the molecule is CCNC(=NCCc1nc(C)c(C)s1)NCCNc1ccc2ccccc2n1. The molecule has 7 heteroatoms. The first-order chi connectivity index (χ1) is 13.7. The predicted octanol–water partition coefficient (Wildman–Crippen LogP) is 3.52. The lowest BCUT2D eigenvalue weighted by Gasteiger charge is -2.12. The van der Waals surface area contributed by atoms with Gasteiger partial charge in [-0.05, 0) is 39.0 Å². The van der Waals surface area contributed by atoms with Gasteiger partial charge < -0.3 is 16.0 Å². The molecule has 0 atom stereocenters. The van der Waals surface area contributed by atoms with E-state index < -0.39 is 0 Å². The molecule has 0 saturated heterocycles. The standard InChI is InChI=1S/C21H28N6S/c1-4-22-21(24-12-11-20-26-15(2)16(3)28-20)25-14-13-23-19-10-9-17-7-5-6-8-18(17)27-19/h5-10H,4,11-14H2,1-3H3,(H,23,27)(H2,22,24,25). The summed E-state index contributed by atoms with van der Waals surface area (Å²) >= 11 is 1.76. The fourth-order valence-corrected chi connectivity index (χ4v) is 3.71. The van der Waals surface area contributed by atoms with Gasteiger partial charge in [-0.15, -0.1) is 11.3 Å². The largest absolute Gasteiger partial charge is 0.368 e. The van der Waals surface area contributed by atoms with Crippen molar-refractivity contribution in [3.63, 3.8) is 0 Å².